The smallest absolute Gasteiger partial charge is 0.240 e. The molecule has 416 valence electrons. The molecule has 0 N–H and O–H groups in total. The van der Waals surface area contributed by atoms with Crippen molar-refractivity contribution < 1.29 is 32.9 Å². The number of para-hydroxylation sites is 6. The van der Waals surface area contributed by atoms with Gasteiger partial charge in [-0.2, -0.15) is 15.0 Å². The minimum atomic E-state index is -5.13. The average Bonchev–Trinajstić information content (AvgIpc) is 1.61. The highest BCUT2D eigenvalue weighted by Crippen LogP contribution is 2.63. The summed E-state index contributed by atoms with van der Waals surface area (Å²) in [6.45, 7) is 0. The SMILES string of the molecule is [2H]c1c([2H])c(-c2ccc3c(c2)N(c2ccccc2)c2ccccc2C32c3ccccc3-c3ccccc32)c([2H])c([Si](c2ccccc2)(c2ccccc2)c2c([2H])c([2H])c([2H])c(-c3nc(-n4c5c([2H])c([2H])c([2H])c([2H])c5c5c([2H])c([2H])c([2H])c([2H])c54)nc(-n4c5c([2H])c([2H])c([2H])c([2H])c5c5c([2H])c([2H])c([2H])c([2H])c54)n3)c2[2H])c1[2H]. The summed E-state index contributed by atoms with van der Waals surface area (Å²) in [4.78, 5) is 16.8. The normalized spacial score (nSPS) is 16.8. The van der Waals surface area contributed by atoms with Gasteiger partial charge in [-0.05, 0) is 114 Å². The van der Waals surface area contributed by atoms with Gasteiger partial charge in [-0.1, -0.05) is 279 Å². The lowest BCUT2D eigenvalue weighted by Crippen LogP contribution is -2.74. The van der Waals surface area contributed by atoms with Crippen molar-refractivity contribution in [2.24, 2.45) is 0 Å². The molecule has 0 saturated heterocycles. The lowest BCUT2D eigenvalue weighted by molar-refractivity contribution is 0.753. The van der Waals surface area contributed by atoms with Crippen LogP contribution in [-0.2, 0) is 5.41 Å². The Balaban J connectivity index is 0.982. The van der Waals surface area contributed by atoms with Crippen LogP contribution in [0.5, 0.6) is 0 Å². The number of aromatic nitrogens is 5. The molecule has 16 aromatic rings. The summed E-state index contributed by atoms with van der Waals surface area (Å²) >= 11 is 0. The van der Waals surface area contributed by atoms with Gasteiger partial charge >= 0.3 is 0 Å². The van der Waals surface area contributed by atoms with E-state index in [1.54, 1.807) is 66.7 Å². The van der Waals surface area contributed by atoms with Crippen LogP contribution in [0.2, 0.25) is 0 Å². The van der Waals surface area contributed by atoms with E-state index in [1.807, 2.05) is 84.9 Å². The van der Waals surface area contributed by atoms with Crippen LogP contribution in [0.25, 0.3) is 89.2 Å². The number of benzene rings is 13. The Morgan fingerprint density at radius 2 is 0.753 bits per heavy atom. The zero-order chi connectivity index (χ0) is 79.5. The quantitative estimate of drug-likeness (QED) is 0.107. The van der Waals surface area contributed by atoms with Gasteiger partial charge in [-0.25, -0.2) is 0 Å². The summed E-state index contributed by atoms with van der Waals surface area (Å²) in [5, 5.41) is -1.98. The topological polar surface area (TPSA) is 51.8 Å². The Labute approximate surface area is 549 Å². The third-order valence-corrected chi connectivity index (χ3v) is 21.6. The fraction of sp³-hybridized carbons (Fsp3) is 0.0122. The zero-order valence-electron chi connectivity index (χ0n) is 70.5. The molecule has 0 saturated carbocycles. The molecule has 0 fully saturated rings. The van der Waals surface area contributed by atoms with Gasteiger partial charge in [0, 0.05) is 32.8 Å². The molecule has 1 aliphatic heterocycles. The van der Waals surface area contributed by atoms with Crippen molar-refractivity contribution in [3.05, 3.63) is 349 Å². The van der Waals surface area contributed by atoms with Crippen molar-refractivity contribution in [1.29, 1.82) is 0 Å². The summed E-state index contributed by atoms with van der Waals surface area (Å²) < 4.78 is 233. The van der Waals surface area contributed by atoms with E-state index in [2.05, 4.69) is 35.2 Å². The fourth-order valence-corrected chi connectivity index (χ4v) is 17.8. The first kappa shape index (κ1) is 32.3. The summed E-state index contributed by atoms with van der Waals surface area (Å²) in [6, 6.07) is 37.7. The Kier molecular flexibility index (Phi) is 7.27. The molecule has 13 aromatic carbocycles. The molecule has 0 atom stereocenters. The maximum Gasteiger partial charge on any atom is 0.240 e. The highest BCUT2D eigenvalue weighted by molar-refractivity contribution is 7.20. The van der Waals surface area contributed by atoms with Crippen molar-refractivity contribution in [1.82, 2.24) is 24.1 Å². The third kappa shape index (κ3) is 7.46. The number of anilines is 3. The van der Waals surface area contributed by atoms with Crippen LogP contribution in [0.4, 0.5) is 17.1 Å². The summed E-state index contributed by atoms with van der Waals surface area (Å²) in [6.07, 6.45) is 0. The van der Waals surface area contributed by atoms with Crippen LogP contribution in [0.3, 0.4) is 0 Å². The number of hydrogen-bond donors (Lipinski definition) is 0. The van der Waals surface area contributed by atoms with E-state index < -0.39 is 231 Å². The lowest BCUT2D eigenvalue weighted by Gasteiger charge is -2.45. The first-order valence-corrected chi connectivity index (χ1v) is 30.6. The van der Waals surface area contributed by atoms with E-state index in [0.29, 0.717) is 5.69 Å². The molecule has 1 aliphatic carbocycles. The molecule has 89 heavy (non-hydrogen) atoms. The Morgan fingerprint density at radius 1 is 0.326 bits per heavy atom. The van der Waals surface area contributed by atoms with Crippen LogP contribution in [0.15, 0.2) is 327 Å². The Hall–Kier alpha value is -11.5. The second-order valence-electron chi connectivity index (χ2n) is 21.6. The Morgan fingerprint density at radius 3 is 1.28 bits per heavy atom. The van der Waals surface area contributed by atoms with Gasteiger partial charge in [0.2, 0.25) is 11.9 Å². The van der Waals surface area contributed by atoms with Crippen LogP contribution in [-0.4, -0.2) is 32.2 Å². The van der Waals surface area contributed by atoms with Gasteiger partial charge in [-0.15, -0.1) is 0 Å². The molecule has 18 rings (SSSR count). The lowest BCUT2D eigenvalue weighted by atomic mass is 9.64. The van der Waals surface area contributed by atoms with Gasteiger partial charge in [0.15, 0.2) is 13.9 Å². The molecule has 0 radical (unpaired) electrons. The summed E-state index contributed by atoms with van der Waals surface area (Å²) in [5.41, 5.74) is 4.31. The predicted octanol–water partition coefficient (Wildman–Crippen LogP) is 16.9. The zero-order valence-corrected chi connectivity index (χ0v) is 47.5. The number of rotatable bonds is 9. The predicted molar refractivity (Wildman–Crippen MR) is 369 cm³/mol. The molecule has 0 unspecified atom stereocenters. The molecule has 3 aromatic heterocycles. The van der Waals surface area contributed by atoms with Gasteiger partial charge in [0.1, 0.15) is 0 Å². The summed E-state index contributed by atoms with van der Waals surface area (Å²) in [5.74, 6) is -2.55. The molecule has 2 aliphatic rings. The molecule has 0 amide bonds. The second kappa shape index (κ2) is 20.0. The first-order valence-electron chi connectivity index (χ1n) is 40.6. The van der Waals surface area contributed by atoms with Crippen molar-refractivity contribution >= 4 is 89.5 Å². The fourth-order valence-electron chi connectivity index (χ4n) is 13.6. The minimum absolute atomic E-state index is 0.127. The molecule has 1 spiro atoms. The molecule has 7 heteroatoms. The van der Waals surface area contributed by atoms with E-state index in [9.17, 15) is 21.9 Å². The van der Waals surface area contributed by atoms with Crippen molar-refractivity contribution in [2.75, 3.05) is 4.90 Å². The highest BCUT2D eigenvalue weighted by atomic mass is 28.3. The molecular formula is C82H54N6Si. The van der Waals surface area contributed by atoms with E-state index in [0.717, 1.165) is 53.9 Å². The van der Waals surface area contributed by atoms with E-state index >= 15 is 0 Å². The van der Waals surface area contributed by atoms with Crippen molar-refractivity contribution in [3.8, 4) is 45.5 Å². The van der Waals surface area contributed by atoms with Crippen LogP contribution in [0.1, 0.15) is 55.2 Å². The van der Waals surface area contributed by atoms with Crippen LogP contribution in [0, 0.1) is 0 Å². The maximum absolute atomic E-state index is 11.1. The van der Waals surface area contributed by atoms with Gasteiger partial charge < -0.3 is 4.90 Å². The molecular weight excluding hydrogens is 1100 g/mol. The summed E-state index contributed by atoms with van der Waals surface area (Å²) in [7, 11) is -5.13. The van der Waals surface area contributed by atoms with Gasteiger partial charge in [0.25, 0.3) is 0 Å². The van der Waals surface area contributed by atoms with Crippen LogP contribution < -0.4 is 25.6 Å². The monoisotopic (exact) mass is 1170 g/mol. The van der Waals surface area contributed by atoms with Crippen molar-refractivity contribution in [2.45, 2.75) is 5.41 Å². The third-order valence-electron chi connectivity index (χ3n) is 17.2. The van der Waals surface area contributed by atoms with E-state index in [-0.39, 0.29) is 26.7 Å². The highest BCUT2D eigenvalue weighted by Gasteiger charge is 2.52. The van der Waals surface area contributed by atoms with Crippen LogP contribution >= 0.6 is 0 Å². The van der Waals surface area contributed by atoms with Gasteiger partial charge in [-0.3, -0.25) is 9.13 Å². The first-order chi connectivity index (χ1) is 54.1. The number of hydrogen-bond acceptors (Lipinski definition) is 4. The molecule has 4 heterocycles. The molecule has 6 nitrogen and oxygen atoms in total. The largest absolute Gasteiger partial charge is 0.310 e. The number of nitrogens with zero attached hydrogens (tertiary/aromatic N) is 6. The average molecular weight is 1180 g/mol. The second-order valence-corrected chi connectivity index (χ2v) is 25.2. The Bertz CT molecular complexity index is 6540. The number of fused-ring (bicyclic) bond motifs is 15. The minimum Gasteiger partial charge on any atom is -0.310 e. The van der Waals surface area contributed by atoms with E-state index in [1.165, 1.54) is 0 Å². The standard InChI is InChI=1S/C82H54N6Si/c1-4-28-58(29-5-1)86-77-49-23-18-44-71(77)82(69-42-16-10-36-63(69)64-37-11-17-43-70(64)82)72-51-50-56(54-78(72)86)55-26-24-34-61(52-55)89(59-30-6-2-7-31-59,60-32-8-3-9-33-60)62-35-25-27-57(53-62)79-83-80(87-73-45-19-12-38-65(73)66-39-13-20-46-74(66)87)85-81(84-79)88-75-47-21-14-40-67(75)68-41-15-22-48-76(68)88/h1-54H/i12D,13D,14D,15D,19D,20D,21D,22D,24D,25D,26D,27D,34D,35D,38D,39D,40D,41D,45D,46D,47D,48D,52D,53D. The molecule has 0 bridgehead atoms. The maximum atomic E-state index is 11.1. The van der Waals surface area contributed by atoms with E-state index in [4.69, 9.17) is 25.9 Å². The van der Waals surface area contributed by atoms with Gasteiger partial charge in [0.05, 0.1) is 71.8 Å². The van der Waals surface area contributed by atoms with Crippen molar-refractivity contribution in [3.63, 3.8) is 0 Å².